The van der Waals surface area contributed by atoms with Crippen molar-refractivity contribution in [2.45, 2.75) is 13.3 Å². The average Bonchev–Trinajstić information content (AvgIpc) is 2.63. The SMILES string of the molecule is Cc1cccc(NC(=O)COC(=O)CN2C(=O)Cc3ccccc3C2=O)c1. The zero-order chi connectivity index (χ0) is 19.4. The smallest absolute Gasteiger partial charge is 0.326 e. The second kappa shape index (κ2) is 7.82. The molecule has 1 aliphatic rings. The Bertz CT molecular complexity index is 922. The molecule has 7 nitrogen and oxygen atoms in total. The molecule has 0 aromatic heterocycles. The van der Waals surface area contributed by atoms with Gasteiger partial charge in [0.05, 0.1) is 6.42 Å². The van der Waals surface area contributed by atoms with Gasteiger partial charge in [-0.3, -0.25) is 24.1 Å². The number of rotatable bonds is 5. The van der Waals surface area contributed by atoms with Crippen LogP contribution in [0, 0.1) is 6.92 Å². The van der Waals surface area contributed by atoms with Crippen molar-refractivity contribution in [2.75, 3.05) is 18.5 Å². The third-order valence-corrected chi connectivity index (χ3v) is 4.09. The molecular formula is C20H18N2O5. The Morgan fingerprint density at radius 1 is 1.11 bits per heavy atom. The van der Waals surface area contributed by atoms with E-state index in [-0.39, 0.29) is 6.42 Å². The average molecular weight is 366 g/mol. The third kappa shape index (κ3) is 4.38. The summed E-state index contributed by atoms with van der Waals surface area (Å²) in [5, 5.41) is 2.61. The second-order valence-corrected chi connectivity index (χ2v) is 6.20. The van der Waals surface area contributed by atoms with Gasteiger partial charge in [0.1, 0.15) is 6.54 Å². The van der Waals surface area contributed by atoms with Crippen molar-refractivity contribution < 1.29 is 23.9 Å². The van der Waals surface area contributed by atoms with E-state index in [1.165, 1.54) is 0 Å². The monoisotopic (exact) mass is 366 g/mol. The van der Waals surface area contributed by atoms with Gasteiger partial charge in [-0.2, -0.15) is 0 Å². The largest absolute Gasteiger partial charge is 0.454 e. The lowest BCUT2D eigenvalue weighted by Gasteiger charge is -2.25. The predicted molar refractivity (Wildman–Crippen MR) is 97.0 cm³/mol. The molecule has 138 valence electrons. The maximum atomic E-state index is 12.4. The molecule has 0 radical (unpaired) electrons. The van der Waals surface area contributed by atoms with Crippen LogP contribution in [-0.2, 0) is 25.5 Å². The summed E-state index contributed by atoms with van der Waals surface area (Å²) in [6.45, 7) is 0.865. The minimum atomic E-state index is -0.824. The first-order chi connectivity index (χ1) is 12.9. The van der Waals surface area contributed by atoms with E-state index in [0.717, 1.165) is 10.5 Å². The molecule has 0 fully saturated rings. The van der Waals surface area contributed by atoms with E-state index < -0.39 is 36.8 Å². The minimum Gasteiger partial charge on any atom is -0.454 e. The van der Waals surface area contributed by atoms with E-state index in [2.05, 4.69) is 5.32 Å². The van der Waals surface area contributed by atoms with Crippen molar-refractivity contribution in [1.82, 2.24) is 4.90 Å². The maximum absolute atomic E-state index is 12.4. The van der Waals surface area contributed by atoms with Gasteiger partial charge in [-0.1, -0.05) is 30.3 Å². The molecule has 1 aliphatic heterocycles. The Morgan fingerprint density at radius 3 is 2.67 bits per heavy atom. The highest BCUT2D eigenvalue weighted by molar-refractivity contribution is 6.11. The zero-order valence-corrected chi connectivity index (χ0v) is 14.7. The number of nitrogens with zero attached hydrogens (tertiary/aromatic N) is 1. The van der Waals surface area contributed by atoms with Crippen LogP contribution in [0.25, 0.3) is 0 Å². The quantitative estimate of drug-likeness (QED) is 0.642. The van der Waals surface area contributed by atoms with Crippen LogP contribution in [-0.4, -0.2) is 41.7 Å². The topological polar surface area (TPSA) is 92.8 Å². The molecule has 3 amide bonds. The number of ether oxygens (including phenoxy) is 1. The van der Waals surface area contributed by atoms with Gasteiger partial charge >= 0.3 is 5.97 Å². The summed E-state index contributed by atoms with van der Waals surface area (Å²) in [6.07, 6.45) is 0.0447. The van der Waals surface area contributed by atoms with E-state index in [0.29, 0.717) is 16.8 Å². The fourth-order valence-electron chi connectivity index (χ4n) is 2.80. The number of aryl methyl sites for hydroxylation is 1. The lowest BCUT2D eigenvalue weighted by atomic mass is 9.98. The summed E-state index contributed by atoms with van der Waals surface area (Å²) in [5.74, 6) is -2.34. The molecule has 0 spiro atoms. The van der Waals surface area contributed by atoms with Crippen LogP contribution in [0.15, 0.2) is 48.5 Å². The van der Waals surface area contributed by atoms with Crippen molar-refractivity contribution in [1.29, 1.82) is 0 Å². The van der Waals surface area contributed by atoms with Gasteiger partial charge < -0.3 is 10.1 Å². The van der Waals surface area contributed by atoms with Crippen LogP contribution in [0.4, 0.5) is 5.69 Å². The highest BCUT2D eigenvalue weighted by atomic mass is 16.5. The van der Waals surface area contributed by atoms with Crippen molar-refractivity contribution in [3.63, 3.8) is 0 Å². The number of anilines is 1. The number of carbonyl (C=O) groups excluding carboxylic acids is 4. The van der Waals surface area contributed by atoms with Crippen molar-refractivity contribution in [3.05, 3.63) is 65.2 Å². The Labute approximate surface area is 155 Å². The van der Waals surface area contributed by atoms with E-state index in [9.17, 15) is 19.2 Å². The first-order valence-corrected chi connectivity index (χ1v) is 8.39. The Kier molecular flexibility index (Phi) is 5.30. The molecule has 0 saturated carbocycles. The Balaban J connectivity index is 1.54. The first kappa shape index (κ1) is 18.3. The van der Waals surface area contributed by atoms with Crippen molar-refractivity contribution in [3.8, 4) is 0 Å². The summed E-state index contributed by atoms with van der Waals surface area (Å²) in [4.78, 5) is 49.2. The number of nitrogens with one attached hydrogen (secondary N) is 1. The summed E-state index contributed by atoms with van der Waals surface area (Å²) in [6, 6.07) is 13.9. The van der Waals surface area contributed by atoms with Crippen LogP contribution < -0.4 is 5.32 Å². The van der Waals surface area contributed by atoms with E-state index in [4.69, 9.17) is 4.74 Å². The summed E-state index contributed by atoms with van der Waals surface area (Å²) in [7, 11) is 0. The molecule has 1 heterocycles. The van der Waals surface area contributed by atoms with Crippen LogP contribution in [0.2, 0.25) is 0 Å². The Morgan fingerprint density at radius 2 is 1.89 bits per heavy atom. The molecule has 0 unspecified atom stereocenters. The van der Waals surface area contributed by atoms with Crippen LogP contribution in [0.5, 0.6) is 0 Å². The molecular weight excluding hydrogens is 348 g/mol. The van der Waals surface area contributed by atoms with Crippen LogP contribution in [0.1, 0.15) is 21.5 Å². The summed E-state index contributed by atoms with van der Waals surface area (Å²) in [5.41, 5.74) is 2.60. The highest BCUT2D eigenvalue weighted by Crippen LogP contribution is 2.19. The number of hydrogen-bond acceptors (Lipinski definition) is 5. The van der Waals surface area contributed by atoms with Crippen LogP contribution in [0.3, 0.4) is 0 Å². The van der Waals surface area contributed by atoms with Gasteiger partial charge in [-0.15, -0.1) is 0 Å². The van der Waals surface area contributed by atoms with Crippen molar-refractivity contribution >= 4 is 29.4 Å². The summed E-state index contributed by atoms with van der Waals surface area (Å²) >= 11 is 0. The number of esters is 1. The minimum absolute atomic E-state index is 0.0447. The maximum Gasteiger partial charge on any atom is 0.326 e. The fraction of sp³-hybridized carbons (Fsp3) is 0.200. The molecule has 27 heavy (non-hydrogen) atoms. The van der Waals surface area contributed by atoms with Crippen LogP contribution >= 0.6 is 0 Å². The number of imide groups is 1. The lowest BCUT2D eigenvalue weighted by Crippen LogP contribution is -2.45. The van der Waals surface area contributed by atoms with Crippen molar-refractivity contribution in [2.24, 2.45) is 0 Å². The van der Waals surface area contributed by atoms with E-state index >= 15 is 0 Å². The highest BCUT2D eigenvalue weighted by Gasteiger charge is 2.32. The number of benzene rings is 2. The molecule has 0 bridgehead atoms. The Hall–Kier alpha value is -3.48. The zero-order valence-electron chi connectivity index (χ0n) is 14.7. The molecule has 7 heteroatoms. The molecule has 0 aliphatic carbocycles. The normalized spacial score (nSPS) is 13.1. The molecule has 0 saturated heterocycles. The van der Waals surface area contributed by atoms with Gasteiger partial charge in [-0.25, -0.2) is 0 Å². The number of hydrogen-bond donors (Lipinski definition) is 1. The van der Waals surface area contributed by atoms with Gasteiger partial charge in [0, 0.05) is 11.3 Å². The molecule has 2 aromatic rings. The molecule has 2 aromatic carbocycles. The third-order valence-electron chi connectivity index (χ3n) is 4.09. The molecule has 1 N–H and O–H groups in total. The van der Waals surface area contributed by atoms with Gasteiger partial charge in [0.2, 0.25) is 5.91 Å². The summed E-state index contributed by atoms with van der Waals surface area (Å²) < 4.78 is 4.90. The second-order valence-electron chi connectivity index (χ2n) is 6.20. The van der Waals surface area contributed by atoms with E-state index in [1.807, 2.05) is 13.0 Å². The standard InChI is InChI=1S/C20H18N2O5/c1-13-5-4-7-15(9-13)21-17(23)12-27-19(25)11-22-18(24)10-14-6-2-3-8-16(14)20(22)26/h2-9H,10-12H2,1H3,(H,21,23). The van der Waals surface area contributed by atoms with Gasteiger partial charge in [0.25, 0.3) is 11.8 Å². The first-order valence-electron chi connectivity index (χ1n) is 8.39. The molecule has 0 atom stereocenters. The molecule has 3 rings (SSSR count). The fourth-order valence-corrected chi connectivity index (χ4v) is 2.80. The lowest BCUT2D eigenvalue weighted by molar-refractivity contribution is -0.150. The van der Waals surface area contributed by atoms with Gasteiger partial charge in [0.15, 0.2) is 6.61 Å². The number of amides is 3. The number of carbonyl (C=O) groups is 4. The number of fused-ring (bicyclic) bond motifs is 1. The predicted octanol–water partition coefficient (Wildman–Crippen LogP) is 1.70. The van der Waals surface area contributed by atoms with E-state index in [1.54, 1.807) is 42.5 Å². The van der Waals surface area contributed by atoms with Gasteiger partial charge in [-0.05, 0) is 36.2 Å².